The van der Waals surface area contributed by atoms with Crippen LogP contribution in [0, 0.1) is 0 Å². The molecule has 30 heavy (non-hydrogen) atoms. The number of rotatable bonds is 12. The van der Waals surface area contributed by atoms with Crippen molar-refractivity contribution in [2.24, 2.45) is 4.99 Å². The maximum Gasteiger partial charge on any atom is 0.213 e. The zero-order valence-electron chi connectivity index (χ0n) is 17.9. The van der Waals surface area contributed by atoms with Crippen molar-refractivity contribution in [2.45, 2.75) is 58.1 Å². The van der Waals surface area contributed by atoms with Crippen LogP contribution in [0.4, 0.5) is 0 Å². The summed E-state index contributed by atoms with van der Waals surface area (Å²) in [4.78, 5) is 4.51. The van der Waals surface area contributed by atoms with Crippen LogP contribution in [0.1, 0.15) is 51.0 Å². The molecule has 1 fully saturated rings. The number of nitrogens with one attached hydrogen (secondary N) is 3. The van der Waals surface area contributed by atoms with Crippen LogP contribution in [-0.4, -0.2) is 52.5 Å². The number of nitrogens with zero attached hydrogens (tertiary/aromatic N) is 1. The molecular formula is C21H37IN4O3S. The van der Waals surface area contributed by atoms with E-state index >= 15 is 0 Å². The summed E-state index contributed by atoms with van der Waals surface area (Å²) in [5, 5.41) is 6.24. The summed E-state index contributed by atoms with van der Waals surface area (Å²) < 4.78 is 32.9. The minimum atomic E-state index is -3.35. The summed E-state index contributed by atoms with van der Waals surface area (Å²) >= 11 is 0. The molecule has 2 rings (SSSR count). The second-order valence-corrected chi connectivity index (χ2v) is 9.22. The van der Waals surface area contributed by atoms with E-state index in [1.165, 1.54) is 32.1 Å². The molecule has 0 bridgehead atoms. The Labute approximate surface area is 198 Å². The first kappa shape index (κ1) is 27.1. The van der Waals surface area contributed by atoms with Gasteiger partial charge >= 0.3 is 0 Å². The fourth-order valence-corrected chi connectivity index (χ4v) is 4.15. The lowest BCUT2D eigenvalue weighted by atomic mass is 9.98. The third-order valence-electron chi connectivity index (χ3n) is 4.82. The number of sulfonamides is 1. The van der Waals surface area contributed by atoms with Gasteiger partial charge in [0.2, 0.25) is 10.0 Å². The Kier molecular flexibility index (Phi) is 14.3. The normalized spacial score (nSPS) is 15.4. The molecule has 0 aromatic heterocycles. The molecule has 1 saturated carbocycles. The highest BCUT2D eigenvalue weighted by Gasteiger charge is 2.13. The number of benzene rings is 1. The van der Waals surface area contributed by atoms with Crippen LogP contribution in [0.25, 0.3) is 0 Å². The van der Waals surface area contributed by atoms with Crippen molar-refractivity contribution in [3.8, 4) is 0 Å². The van der Waals surface area contributed by atoms with Crippen LogP contribution in [0.5, 0.6) is 0 Å². The highest BCUT2D eigenvalue weighted by molar-refractivity contribution is 14.0. The second-order valence-electron chi connectivity index (χ2n) is 7.30. The number of guanidine groups is 1. The molecule has 0 aliphatic heterocycles. The third-order valence-corrected chi connectivity index (χ3v) is 6.15. The number of hydrogen-bond donors (Lipinski definition) is 3. The van der Waals surface area contributed by atoms with Gasteiger partial charge in [-0.15, -0.1) is 24.0 Å². The molecule has 1 aliphatic carbocycles. The van der Waals surface area contributed by atoms with Gasteiger partial charge in [-0.05, 0) is 31.7 Å². The van der Waals surface area contributed by atoms with E-state index in [1.807, 2.05) is 37.3 Å². The molecule has 0 unspecified atom stereocenters. The first-order valence-electron chi connectivity index (χ1n) is 10.7. The van der Waals surface area contributed by atoms with Gasteiger partial charge in [0.15, 0.2) is 5.96 Å². The highest BCUT2D eigenvalue weighted by Crippen LogP contribution is 2.20. The number of halogens is 1. The van der Waals surface area contributed by atoms with Crippen molar-refractivity contribution in [1.82, 2.24) is 15.4 Å². The molecular weight excluding hydrogens is 515 g/mol. The topological polar surface area (TPSA) is 91.8 Å². The van der Waals surface area contributed by atoms with Crippen molar-refractivity contribution in [1.29, 1.82) is 0 Å². The minimum Gasteiger partial charge on any atom is -0.378 e. The smallest absolute Gasteiger partial charge is 0.213 e. The molecule has 0 radical (unpaired) electrons. The number of aliphatic imine (C=N–C) groups is 1. The van der Waals surface area contributed by atoms with Crippen LogP contribution in [0.15, 0.2) is 35.3 Å². The molecule has 0 spiro atoms. The van der Waals surface area contributed by atoms with Crippen molar-refractivity contribution in [3.63, 3.8) is 0 Å². The van der Waals surface area contributed by atoms with E-state index in [4.69, 9.17) is 4.74 Å². The van der Waals surface area contributed by atoms with E-state index in [1.54, 1.807) is 0 Å². The monoisotopic (exact) mass is 552 g/mol. The van der Waals surface area contributed by atoms with Crippen molar-refractivity contribution in [2.75, 3.05) is 32.0 Å². The van der Waals surface area contributed by atoms with Crippen molar-refractivity contribution < 1.29 is 13.2 Å². The lowest BCUT2D eigenvalue weighted by Crippen LogP contribution is -2.41. The largest absolute Gasteiger partial charge is 0.378 e. The van der Waals surface area contributed by atoms with E-state index in [-0.39, 0.29) is 29.7 Å². The SMILES string of the molecule is CCNC(=NCCCOC1CCCCC1)NCCS(=O)(=O)NCc1ccccc1.I. The van der Waals surface area contributed by atoms with Crippen LogP contribution in [0.2, 0.25) is 0 Å². The third kappa shape index (κ3) is 12.1. The Hall–Kier alpha value is -0.910. The number of ether oxygens (including phenoxy) is 1. The summed E-state index contributed by atoms with van der Waals surface area (Å²) in [6.45, 7) is 4.70. The molecule has 9 heteroatoms. The minimum absolute atomic E-state index is 0. The molecule has 0 heterocycles. The van der Waals surface area contributed by atoms with Crippen LogP contribution >= 0.6 is 24.0 Å². The number of hydrogen-bond acceptors (Lipinski definition) is 4. The summed E-state index contributed by atoms with van der Waals surface area (Å²) in [7, 11) is -3.35. The maximum atomic E-state index is 12.2. The lowest BCUT2D eigenvalue weighted by Gasteiger charge is -2.21. The van der Waals surface area contributed by atoms with Crippen molar-refractivity contribution >= 4 is 40.0 Å². The fourth-order valence-electron chi connectivity index (χ4n) is 3.24. The molecule has 0 amide bonds. The van der Waals surface area contributed by atoms with E-state index in [2.05, 4.69) is 20.3 Å². The summed E-state index contributed by atoms with van der Waals surface area (Å²) in [5.74, 6) is 0.637. The second kappa shape index (κ2) is 15.8. The van der Waals surface area contributed by atoms with Gasteiger partial charge in [0.05, 0.1) is 11.9 Å². The predicted octanol–water partition coefficient (Wildman–Crippen LogP) is 3.02. The summed E-state index contributed by atoms with van der Waals surface area (Å²) in [5.41, 5.74) is 0.939. The zero-order chi connectivity index (χ0) is 20.8. The average molecular weight is 553 g/mol. The van der Waals surface area contributed by atoms with Gasteiger partial charge in [0, 0.05) is 32.8 Å². The molecule has 0 saturated heterocycles. The quantitative estimate of drug-likeness (QED) is 0.161. The Morgan fingerprint density at radius 1 is 1.13 bits per heavy atom. The molecule has 3 N–H and O–H groups in total. The fraction of sp³-hybridized carbons (Fsp3) is 0.667. The Bertz CT molecular complexity index is 695. The summed E-state index contributed by atoms with van der Waals surface area (Å²) in [6, 6.07) is 9.49. The first-order chi connectivity index (χ1) is 14.1. The van der Waals surface area contributed by atoms with Crippen LogP contribution < -0.4 is 15.4 Å². The molecule has 1 aliphatic rings. The molecule has 172 valence electrons. The average Bonchev–Trinajstić information content (AvgIpc) is 2.73. The van der Waals surface area contributed by atoms with Crippen molar-refractivity contribution in [3.05, 3.63) is 35.9 Å². The standard InChI is InChI=1S/C21H36N4O3S.HI/c1-2-22-21(23-14-9-16-28-20-12-7-4-8-13-20)24-15-17-29(26,27)25-18-19-10-5-3-6-11-19;/h3,5-6,10-11,20,25H,2,4,7-9,12-18H2,1H3,(H2,22,23,24);1H. The van der Waals surface area contributed by atoms with Gasteiger partial charge in [0.25, 0.3) is 0 Å². The van der Waals surface area contributed by atoms with E-state index < -0.39 is 10.0 Å². The van der Waals surface area contributed by atoms with Gasteiger partial charge in [-0.25, -0.2) is 13.1 Å². The van der Waals surface area contributed by atoms with Gasteiger partial charge in [-0.3, -0.25) is 4.99 Å². The molecule has 1 aromatic rings. The van der Waals surface area contributed by atoms with E-state index in [0.717, 1.165) is 25.1 Å². The van der Waals surface area contributed by atoms with E-state index in [9.17, 15) is 8.42 Å². The van der Waals surface area contributed by atoms with Gasteiger partial charge in [-0.1, -0.05) is 49.6 Å². The lowest BCUT2D eigenvalue weighted by molar-refractivity contribution is 0.0281. The zero-order valence-corrected chi connectivity index (χ0v) is 21.1. The molecule has 7 nitrogen and oxygen atoms in total. The Morgan fingerprint density at radius 2 is 1.87 bits per heavy atom. The summed E-state index contributed by atoms with van der Waals surface area (Å²) in [6.07, 6.45) is 7.54. The van der Waals surface area contributed by atoms with Gasteiger partial charge < -0.3 is 15.4 Å². The van der Waals surface area contributed by atoms with Crippen LogP contribution in [-0.2, 0) is 21.3 Å². The van der Waals surface area contributed by atoms with Gasteiger partial charge in [-0.2, -0.15) is 0 Å². The Morgan fingerprint density at radius 3 is 2.57 bits per heavy atom. The molecule has 0 atom stereocenters. The maximum absolute atomic E-state index is 12.2. The molecule has 1 aromatic carbocycles. The first-order valence-corrected chi connectivity index (χ1v) is 12.4. The van der Waals surface area contributed by atoms with Crippen LogP contribution in [0.3, 0.4) is 0 Å². The van der Waals surface area contributed by atoms with Gasteiger partial charge in [0.1, 0.15) is 0 Å². The predicted molar refractivity (Wildman–Crippen MR) is 134 cm³/mol. The highest BCUT2D eigenvalue weighted by atomic mass is 127. The Balaban J connectivity index is 0.00000450. The van der Waals surface area contributed by atoms with E-state index in [0.29, 0.717) is 31.7 Å².